The van der Waals surface area contributed by atoms with Crippen molar-refractivity contribution >= 4 is 111 Å². The van der Waals surface area contributed by atoms with Crippen LogP contribution in [0.25, 0.3) is 139 Å². The fourth-order valence-electron chi connectivity index (χ4n) is 11.2. The maximum atomic E-state index is 7.34. The lowest BCUT2D eigenvalue weighted by molar-refractivity contribution is 0.669. The average Bonchev–Trinajstić information content (AvgIpc) is 4.14. The van der Waals surface area contributed by atoms with Crippen molar-refractivity contribution in [1.82, 2.24) is 13.7 Å². The summed E-state index contributed by atoms with van der Waals surface area (Å²) in [5.74, 6) is 0. The van der Waals surface area contributed by atoms with E-state index in [2.05, 4.69) is 214 Å². The number of fused-ring (bicyclic) bond motifs is 17. The molecule has 14 aromatic rings. The van der Waals surface area contributed by atoms with E-state index in [9.17, 15) is 0 Å². The summed E-state index contributed by atoms with van der Waals surface area (Å²) in [6.45, 7) is 0. The SMILES string of the molecule is C1=Cc2c(n(-c3cccc(-c4ccc5oc6ccccc6c5c4)c3)c3ccc4c5ccc6c(c7ccccc7n6-c6ccc7c(c6)c6ccccc6n7-c6ccccc6)c5oc4c23)C=CC1. The number of hydrogen-bond acceptors (Lipinski definition) is 2. The molecule has 0 N–H and O–H groups in total. The highest BCUT2D eigenvalue weighted by atomic mass is 16.3. The van der Waals surface area contributed by atoms with Gasteiger partial charge in [-0.25, -0.2) is 0 Å². The standard InChI is InChI=1S/C61H37N3O2/c1-3-15-39(16-4-1)62-50-23-10-7-18-42(50)48-36-41(27-30-53(48)62)64-52-24-11-8-21-47(52)59-55(64)32-29-45-44-28-31-54-58(60(44)66-61(45)59)46-20-5-2-6-22-51(46)63(54)40-17-13-14-37(34-40)38-26-33-57-49(35-38)43-19-9-12-25-56(43)65-57/h1,3-36H,2H2. The molecule has 1 aliphatic rings. The predicted molar refractivity (Wildman–Crippen MR) is 275 cm³/mol. The molecule has 0 bridgehead atoms. The molecule has 0 saturated carbocycles. The summed E-state index contributed by atoms with van der Waals surface area (Å²) >= 11 is 0. The molecule has 5 heterocycles. The quantitative estimate of drug-likeness (QED) is 0.177. The van der Waals surface area contributed by atoms with Crippen LogP contribution in [0.15, 0.2) is 209 Å². The third-order valence-corrected chi connectivity index (χ3v) is 14.0. The van der Waals surface area contributed by atoms with Crippen LogP contribution in [0.4, 0.5) is 0 Å². The Morgan fingerprint density at radius 1 is 0.333 bits per heavy atom. The summed E-state index contributed by atoms with van der Waals surface area (Å²) in [5, 5.41) is 10.3. The summed E-state index contributed by atoms with van der Waals surface area (Å²) in [7, 11) is 0. The van der Waals surface area contributed by atoms with E-state index in [1.807, 2.05) is 12.1 Å². The van der Waals surface area contributed by atoms with E-state index in [-0.39, 0.29) is 0 Å². The number of aromatic nitrogens is 3. The first-order valence-corrected chi connectivity index (χ1v) is 22.7. The normalized spacial score (nSPS) is 13.0. The van der Waals surface area contributed by atoms with Gasteiger partial charge in [0, 0.05) is 60.3 Å². The van der Waals surface area contributed by atoms with Gasteiger partial charge in [0.05, 0.1) is 44.0 Å². The van der Waals surface area contributed by atoms with Crippen LogP contribution in [0.2, 0.25) is 0 Å². The molecular weight excluding hydrogens is 807 g/mol. The van der Waals surface area contributed by atoms with Crippen molar-refractivity contribution in [3.8, 4) is 28.2 Å². The number of para-hydroxylation sites is 4. The minimum absolute atomic E-state index is 0.865. The molecule has 0 saturated heterocycles. The molecule has 9 aromatic carbocycles. The Bertz CT molecular complexity index is 4430. The monoisotopic (exact) mass is 843 g/mol. The highest BCUT2D eigenvalue weighted by Crippen LogP contribution is 2.46. The van der Waals surface area contributed by atoms with Crippen molar-refractivity contribution in [2.45, 2.75) is 6.42 Å². The van der Waals surface area contributed by atoms with E-state index in [4.69, 9.17) is 8.83 Å². The molecule has 308 valence electrons. The van der Waals surface area contributed by atoms with E-state index in [1.165, 1.54) is 27.4 Å². The maximum Gasteiger partial charge on any atom is 0.145 e. The largest absolute Gasteiger partial charge is 0.456 e. The van der Waals surface area contributed by atoms with Gasteiger partial charge in [-0.2, -0.15) is 0 Å². The van der Waals surface area contributed by atoms with Crippen LogP contribution in [-0.2, 0) is 0 Å². The molecule has 0 aliphatic heterocycles. The summed E-state index contributed by atoms with van der Waals surface area (Å²) in [4.78, 5) is 0. The van der Waals surface area contributed by atoms with Gasteiger partial charge in [0.2, 0.25) is 0 Å². The molecule has 0 atom stereocenters. The van der Waals surface area contributed by atoms with Crippen molar-refractivity contribution in [3.05, 3.63) is 211 Å². The highest BCUT2D eigenvalue weighted by Gasteiger charge is 2.25. The van der Waals surface area contributed by atoms with Gasteiger partial charge >= 0.3 is 0 Å². The number of nitrogens with zero attached hydrogens (tertiary/aromatic N) is 3. The number of benzene rings is 9. The fraction of sp³-hybridized carbons (Fsp3) is 0.0164. The van der Waals surface area contributed by atoms with Crippen LogP contribution in [0.5, 0.6) is 0 Å². The first-order chi connectivity index (χ1) is 32.7. The van der Waals surface area contributed by atoms with Gasteiger partial charge in [-0.15, -0.1) is 0 Å². The molecule has 0 fully saturated rings. The van der Waals surface area contributed by atoms with E-state index in [1.54, 1.807) is 0 Å². The van der Waals surface area contributed by atoms with Gasteiger partial charge < -0.3 is 22.5 Å². The second-order valence-electron chi connectivity index (χ2n) is 17.6. The van der Waals surface area contributed by atoms with Crippen molar-refractivity contribution < 1.29 is 8.83 Å². The minimum Gasteiger partial charge on any atom is -0.456 e. The topological polar surface area (TPSA) is 41.1 Å². The average molecular weight is 844 g/mol. The van der Waals surface area contributed by atoms with Crippen LogP contribution in [-0.4, -0.2) is 13.7 Å². The third-order valence-electron chi connectivity index (χ3n) is 14.0. The first kappa shape index (κ1) is 35.6. The van der Waals surface area contributed by atoms with Gasteiger partial charge in [0.25, 0.3) is 0 Å². The molecule has 0 unspecified atom stereocenters. The first-order valence-electron chi connectivity index (χ1n) is 22.7. The van der Waals surface area contributed by atoms with Crippen molar-refractivity contribution in [1.29, 1.82) is 0 Å². The smallest absolute Gasteiger partial charge is 0.145 e. The van der Waals surface area contributed by atoms with E-state index < -0.39 is 0 Å². The van der Waals surface area contributed by atoms with E-state index in [0.29, 0.717) is 0 Å². The Kier molecular flexibility index (Phi) is 7.22. The lowest BCUT2D eigenvalue weighted by atomic mass is 10.0. The Morgan fingerprint density at radius 2 is 0.955 bits per heavy atom. The Morgan fingerprint density at radius 3 is 1.82 bits per heavy atom. The predicted octanol–water partition coefficient (Wildman–Crippen LogP) is 16.7. The number of furan rings is 2. The summed E-state index contributed by atoms with van der Waals surface area (Å²) in [5.41, 5.74) is 17.3. The highest BCUT2D eigenvalue weighted by molar-refractivity contribution is 6.27. The molecule has 66 heavy (non-hydrogen) atoms. The Labute approximate surface area is 377 Å². The second kappa shape index (κ2) is 13.4. The number of rotatable bonds is 4. The minimum atomic E-state index is 0.865. The van der Waals surface area contributed by atoms with Crippen molar-refractivity contribution in [2.75, 3.05) is 0 Å². The van der Waals surface area contributed by atoms with Gasteiger partial charge in [0.1, 0.15) is 22.3 Å². The van der Waals surface area contributed by atoms with Crippen LogP contribution >= 0.6 is 0 Å². The van der Waals surface area contributed by atoms with Crippen molar-refractivity contribution in [3.63, 3.8) is 0 Å². The van der Waals surface area contributed by atoms with Gasteiger partial charge in [-0.1, -0.05) is 109 Å². The van der Waals surface area contributed by atoms with Gasteiger partial charge in [-0.05, 0) is 121 Å². The van der Waals surface area contributed by atoms with E-state index in [0.717, 1.165) is 117 Å². The molecular formula is C61H37N3O2. The zero-order valence-corrected chi connectivity index (χ0v) is 35.6. The second-order valence-corrected chi connectivity index (χ2v) is 17.6. The van der Waals surface area contributed by atoms with Crippen LogP contribution in [0.3, 0.4) is 0 Å². The summed E-state index contributed by atoms with van der Waals surface area (Å²) in [6, 6.07) is 67.8. The molecule has 0 radical (unpaired) electrons. The molecule has 0 amide bonds. The van der Waals surface area contributed by atoms with Crippen LogP contribution in [0, 0.1) is 0 Å². The summed E-state index contributed by atoms with van der Waals surface area (Å²) in [6.07, 6.45) is 9.94. The third kappa shape index (κ3) is 4.88. The lowest BCUT2D eigenvalue weighted by Gasteiger charge is -2.11. The molecule has 5 heteroatoms. The van der Waals surface area contributed by atoms with Gasteiger partial charge in [-0.3, -0.25) is 0 Å². The van der Waals surface area contributed by atoms with Crippen LogP contribution < -0.4 is 0 Å². The Hall–Kier alpha value is -8.80. The van der Waals surface area contributed by atoms with Crippen LogP contribution in [0.1, 0.15) is 17.7 Å². The molecule has 15 rings (SSSR count). The maximum absolute atomic E-state index is 7.34. The lowest BCUT2D eigenvalue weighted by Crippen LogP contribution is -1.97. The molecule has 5 nitrogen and oxygen atoms in total. The molecule has 1 aliphatic carbocycles. The number of allylic oxidation sites excluding steroid dienone is 2. The number of hydrogen-bond donors (Lipinski definition) is 0. The van der Waals surface area contributed by atoms with Crippen molar-refractivity contribution in [2.24, 2.45) is 0 Å². The fourth-order valence-corrected chi connectivity index (χ4v) is 11.2. The zero-order chi connectivity index (χ0) is 43.0. The summed E-state index contributed by atoms with van der Waals surface area (Å²) < 4.78 is 20.7. The zero-order valence-electron chi connectivity index (χ0n) is 35.6. The molecule has 5 aromatic heterocycles. The van der Waals surface area contributed by atoms with Gasteiger partial charge in [0.15, 0.2) is 0 Å². The molecule has 0 spiro atoms. The Balaban J connectivity index is 0.941. The van der Waals surface area contributed by atoms with E-state index >= 15 is 0 Å².